The number of urea groups is 1. The molecule has 25 heavy (non-hydrogen) atoms. The normalized spacial score (nSPS) is 14.9. The number of carbonyl (C=O) groups is 4. The summed E-state index contributed by atoms with van der Waals surface area (Å²) in [6.07, 6.45) is 0. The number of imide groups is 2. The number of nitrogens with zero attached hydrogens (tertiary/aromatic N) is 4. The minimum Gasteiger partial charge on any atom is -0.323 e. The van der Waals surface area contributed by atoms with E-state index in [9.17, 15) is 19.2 Å². The number of anilines is 1. The number of benzene rings is 1. The fraction of sp³-hybridized carbons (Fsp3) is 0.333. The molecule has 5 amide bonds. The zero-order chi connectivity index (χ0) is 18.1. The molecule has 130 valence electrons. The van der Waals surface area contributed by atoms with Gasteiger partial charge in [-0.05, 0) is 18.1 Å². The van der Waals surface area contributed by atoms with Crippen LogP contribution < -0.4 is 5.32 Å². The molecule has 0 spiro atoms. The SMILES string of the molecule is CC(C)CN1C(=O)C(=O)N(CC(=O)Nc2cccc3nsnc23)C1=O. The van der Waals surface area contributed by atoms with E-state index in [0.29, 0.717) is 21.6 Å². The Kier molecular flexibility index (Phi) is 4.45. The molecule has 9 nitrogen and oxygen atoms in total. The van der Waals surface area contributed by atoms with Gasteiger partial charge >= 0.3 is 17.8 Å². The molecule has 0 atom stereocenters. The Morgan fingerprint density at radius 1 is 1.16 bits per heavy atom. The van der Waals surface area contributed by atoms with E-state index in [1.807, 2.05) is 13.8 Å². The summed E-state index contributed by atoms with van der Waals surface area (Å²) < 4.78 is 8.17. The predicted molar refractivity (Wildman–Crippen MR) is 89.7 cm³/mol. The summed E-state index contributed by atoms with van der Waals surface area (Å²) >= 11 is 1.01. The van der Waals surface area contributed by atoms with Crippen molar-refractivity contribution in [2.24, 2.45) is 5.92 Å². The monoisotopic (exact) mass is 361 g/mol. The van der Waals surface area contributed by atoms with Crippen LogP contribution >= 0.6 is 11.7 Å². The van der Waals surface area contributed by atoms with E-state index in [4.69, 9.17) is 0 Å². The summed E-state index contributed by atoms with van der Waals surface area (Å²) in [5, 5.41) is 2.60. The molecule has 10 heteroatoms. The Hall–Kier alpha value is -2.88. The average Bonchev–Trinajstić information content (AvgIpc) is 3.11. The first-order chi connectivity index (χ1) is 11.9. The molecular formula is C15H15N5O4S. The maximum Gasteiger partial charge on any atom is 0.334 e. The maximum atomic E-state index is 12.2. The number of amides is 5. The molecule has 1 aliphatic rings. The number of rotatable bonds is 5. The molecule has 0 aliphatic carbocycles. The van der Waals surface area contributed by atoms with Gasteiger partial charge in [-0.3, -0.25) is 19.3 Å². The van der Waals surface area contributed by atoms with E-state index in [1.165, 1.54) is 0 Å². The first kappa shape index (κ1) is 17.0. The molecule has 1 aromatic heterocycles. The van der Waals surface area contributed by atoms with E-state index in [1.54, 1.807) is 18.2 Å². The van der Waals surface area contributed by atoms with Crippen molar-refractivity contribution >= 4 is 52.2 Å². The zero-order valence-electron chi connectivity index (χ0n) is 13.6. The minimum atomic E-state index is -0.991. The van der Waals surface area contributed by atoms with Crippen molar-refractivity contribution < 1.29 is 19.2 Å². The van der Waals surface area contributed by atoms with Crippen LogP contribution in [-0.2, 0) is 14.4 Å². The number of carbonyl (C=O) groups excluding carboxylic acids is 4. The Labute approximate surface area is 146 Å². The van der Waals surface area contributed by atoms with Gasteiger partial charge in [-0.25, -0.2) is 9.69 Å². The fourth-order valence-corrected chi connectivity index (χ4v) is 3.01. The number of nitrogens with one attached hydrogen (secondary N) is 1. The van der Waals surface area contributed by atoms with Gasteiger partial charge in [0.1, 0.15) is 17.6 Å². The first-order valence-electron chi connectivity index (χ1n) is 7.57. The van der Waals surface area contributed by atoms with Crippen molar-refractivity contribution in [3.05, 3.63) is 18.2 Å². The van der Waals surface area contributed by atoms with Crippen LogP contribution in [0.4, 0.5) is 10.5 Å². The third-order valence-corrected chi connectivity index (χ3v) is 4.09. The molecule has 2 heterocycles. The summed E-state index contributed by atoms with van der Waals surface area (Å²) in [5.74, 6) is -2.47. The molecule has 1 saturated heterocycles. The standard InChI is InChI=1S/C15H15N5O4S/c1-8(2)6-19-13(22)14(23)20(15(19)24)7-11(21)16-9-4-3-5-10-12(9)18-25-17-10/h3-5,8H,6-7H2,1-2H3,(H,16,21). The van der Waals surface area contributed by atoms with Crippen molar-refractivity contribution in [1.82, 2.24) is 18.5 Å². The maximum absolute atomic E-state index is 12.2. The van der Waals surface area contributed by atoms with Crippen LogP contribution in [-0.4, -0.2) is 55.4 Å². The summed E-state index contributed by atoms with van der Waals surface area (Å²) in [4.78, 5) is 49.9. The largest absolute Gasteiger partial charge is 0.334 e. The Morgan fingerprint density at radius 3 is 2.60 bits per heavy atom. The average molecular weight is 361 g/mol. The van der Waals surface area contributed by atoms with Crippen molar-refractivity contribution in [2.75, 3.05) is 18.4 Å². The van der Waals surface area contributed by atoms with E-state index in [-0.39, 0.29) is 12.5 Å². The van der Waals surface area contributed by atoms with Gasteiger partial charge in [0.2, 0.25) is 5.91 Å². The van der Waals surface area contributed by atoms with Crippen LogP contribution in [0.15, 0.2) is 18.2 Å². The highest BCUT2D eigenvalue weighted by Crippen LogP contribution is 2.21. The van der Waals surface area contributed by atoms with Crippen LogP contribution in [0.25, 0.3) is 11.0 Å². The highest BCUT2D eigenvalue weighted by molar-refractivity contribution is 7.00. The predicted octanol–water partition coefficient (Wildman–Crippen LogP) is 1.08. The number of hydrogen-bond acceptors (Lipinski definition) is 7. The number of aromatic nitrogens is 2. The Morgan fingerprint density at radius 2 is 1.88 bits per heavy atom. The van der Waals surface area contributed by atoms with E-state index < -0.39 is 30.3 Å². The quantitative estimate of drug-likeness (QED) is 0.630. The second-order valence-electron chi connectivity index (χ2n) is 5.97. The highest BCUT2D eigenvalue weighted by atomic mass is 32.1. The molecular weight excluding hydrogens is 346 g/mol. The molecule has 0 radical (unpaired) electrons. The van der Waals surface area contributed by atoms with Crippen LogP contribution in [0, 0.1) is 5.92 Å². The van der Waals surface area contributed by atoms with Crippen LogP contribution in [0.3, 0.4) is 0 Å². The lowest BCUT2D eigenvalue weighted by atomic mass is 10.2. The van der Waals surface area contributed by atoms with E-state index in [0.717, 1.165) is 16.6 Å². The van der Waals surface area contributed by atoms with Crippen molar-refractivity contribution in [1.29, 1.82) is 0 Å². The van der Waals surface area contributed by atoms with Gasteiger partial charge in [-0.1, -0.05) is 19.9 Å². The second-order valence-corrected chi connectivity index (χ2v) is 6.50. The Bertz CT molecular complexity index is 878. The smallest absolute Gasteiger partial charge is 0.323 e. The number of fused-ring (bicyclic) bond motifs is 1. The summed E-state index contributed by atoms with van der Waals surface area (Å²) in [6.45, 7) is 3.24. The zero-order valence-corrected chi connectivity index (χ0v) is 14.4. The summed E-state index contributed by atoms with van der Waals surface area (Å²) in [5.41, 5.74) is 1.59. The van der Waals surface area contributed by atoms with Crippen molar-refractivity contribution in [3.63, 3.8) is 0 Å². The molecule has 1 aliphatic heterocycles. The lowest BCUT2D eigenvalue weighted by Gasteiger charge is -2.16. The summed E-state index contributed by atoms with van der Waals surface area (Å²) in [7, 11) is 0. The van der Waals surface area contributed by atoms with Gasteiger partial charge in [0.15, 0.2) is 0 Å². The van der Waals surface area contributed by atoms with Crippen LogP contribution in [0.1, 0.15) is 13.8 Å². The van der Waals surface area contributed by atoms with Crippen molar-refractivity contribution in [2.45, 2.75) is 13.8 Å². The molecule has 1 aromatic carbocycles. The summed E-state index contributed by atoms with van der Waals surface area (Å²) in [6, 6.07) is 4.34. The van der Waals surface area contributed by atoms with E-state index in [2.05, 4.69) is 14.1 Å². The number of hydrogen-bond donors (Lipinski definition) is 1. The lowest BCUT2D eigenvalue weighted by Crippen LogP contribution is -2.39. The minimum absolute atomic E-state index is 0.0178. The third kappa shape index (κ3) is 3.20. The van der Waals surface area contributed by atoms with Gasteiger partial charge in [0.25, 0.3) is 0 Å². The fourth-order valence-electron chi connectivity index (χ4n) is 2.46. The van der Waals surface area contributed by atoms with Gasteiger partial charge < -0.3 is 5.32 Å². The van der Waals surface area contributed by atoms with E-state index >= 15 is 0 Å². The molecule has 1 fully saturated rings. The molecule has 0 bridgehead atoms. The van der Waals surface area contributed by atoms with Crippen molar-refractivity contribution in [3.8, 4) is 0 Å². The third-order valence-electron chi connectivity index (χ3n) is 3.54. The molecule has 3 rings (SSSR count). The van der Waals surface area contributed by atoms with Gasteiger partial charge in [-0.2, -0.15) is 8.75 Å². The molecule has 2 aromatic rings. The molecule has 0 unspecified atom stereocenters. The van der Waals surface area contributed by atoms with Crippen LogP contribution in [0.2, 0.25) is 0 Å². The van der Waals surface area contributed by atoms with Gasteiger partial charge in [0.05, 0.1) is 17.4 Å². The second kappa shape index (κ2) is 6.55. The molecule has 1 N–H and O–H groups in total. The first-order valence-corrected chi connectivity index (χ1v) is 8.30. The lowest BCUT2D eigenvalue weighted by molar-refractivity contribution is -0.143. The topological polar surface area (TPSA) is 113 Å². The van der Waals surface area contributed by atoms with Gasteiger partial charge in [0, 0.05) is 6.54 Å². The van der Waals surface area contributed by atoms with Gasteiger partial charge in [-0.15, -0.1) is 0 Å². The highest BCUT2D eigenvalue weighted by Gasteiger charge is 2.45. The molecule has 0 saturated carbocycles. The van der Waals surface area contributed by atoms with Crippen LogP contribution in [0.5, 0.6) is 0 Å². The Balaban J connectivity index is 1.72.